The van der Waals surface area contributed by atoms with Crippen LogP contribution in [-0.4, -0.2) is 14.9 Å². The zero-order valence-corrected chi connectivity index (χ0v) is 17.2. The third kappa shape index (κ3) is 3.59. The first-order valence-electron chi connectivity index (χ1n) is 8.42. The van der Waals surface area contributed by atoms with Crippen LogP contribution >= 0.6 is 36.6 Å². The number of imidazole rings is 1. The lowest BCUT2D eigenvalue weighted by Crippen LogP contribution is -2.00. The number of hydrogen-bond donors (Lipinski definition) is 1. The molecule has 0 aliphatic heterocycles. The van der Waals surface area contributed by atoms with Gasteiger partial charge in [-0.25, -0.2) is 0 Å². The van der Waals surface area contributed by atoms with E-state index in [2.05, 4.69) is 78.4 Å². The van der Waals surface area contributed by atoms with Crippen LogP contribution in [0.4, 0.5) is 0 Å². The lowest BCUT2D eigenvalue weighted by atomic mass is 10.1. The highest BCUT2D eigenvalue weighted by molar-refractivity contribution is 7.99. The fourth-order valence-electron chi connectivity index (χ4n) is 2.88. The van der Waals surface area contributed by atoms with Crippen LogP contribution in [0.2, 0.25) is 0 Å². The van der Waals surface area contributed by atoms with E-state index in [1.165, 1.54) is 11.1 Å². The van der Waals surface area contributed by atoms with Crippen LogP contribution in [0, 0.1) is 11.7 Å². The van der Waals surface area contributed by atoms with E-state index in [4.69, 9.17) is 24.8 Å². The molecule has 0 aliphatic carbocycles. The molecule has 5 heteroatoms. The van der Waals surface area contributed by atoms with Crippen molar-refractivity contribution in [1.29, 1.82) is 0 Å². The molecule has 3 rings (SSSR count). The zero-order valence-electron chi connectivity index (χ0n) is 14.7. The maximum atomic E-state index is 5.87. The van der Waals surface area contributed by atoms with E-state index in [-0.39, 0.29) is 0 Å². The number of aromatic nitrogens is 2. The minimum atomic E-state index is 0.750. The molecular weight excluding hydrogens is 364 g/mol. The van der Waals surface area contributed by atoms with Crippen LogP contribution in [0.3, 0.4) is 0 Å². The number of benzene rings is 2. The average molecular weight is 387 g/mol. The zero-order chi connectivity index (χ0) is 18.0. The second-order valence-electron chi connectivity index (χ2n) is 5.88. The predicted octanol–water partition coefficient (Wildman–Crippen LogP) is 6.27. The van der Waals surface area contributed by atoms with Gasteiger partial charge in [0, 0.05) is 11.4 Å². The normalized spacial score (nSPS) is 11.0. The number of thiol groups is 1. The van der Waals surface area contributed by atoms with Gasteiger partial charge < -0.3 is 0 Å². The standard InChI is InChI=1S/C20H22N2S3/c1-4-15-9-7-11-17(13-15)22-19(25-5-2)18(23)21(20(22)24)16-10-6-8-14(3)12-16/h6-13,23H,4-5H2,1-3H3. The Hall–Kier alpha value is -1.43. The number of hydrogen-bond acceptors (Lipinski definition) is 3. The van der Waals surface area contributed by atoms with Crippen LogP contribution in [0.15, 0.2) is 58.6 Å². The molecule has 2 nitrogen and oxygen atoms in total. The molecule has 0 fully saturated rings. The van der Waals surface area contributed by atoms with Crippen molar-refractivity contribution in [3.63, 3.8) is 0 Å². The Morgan fingerprint density at radius 1 is 1.00 bits per heavy atom. The van der Waals surface area contributed by atoms with Crippen LogP contribution in [0.1, 0.15) is 25.0 Å². The molecule has 0 radical (unpaired) electrons. The Balaban J connectivity index is 2.28. The Kier molecular flexibility index (Phi) is 5.77. The number of rotatable bonds is 5. The van der Waals surface area contributed by atoms with Crippen molar-refractivity contribution in [2.75, 3.05) is 5.75 Å². The summed E-state index contributed by atoms with van der Waals surface area (Å²) in [5, 5.41) is 1.98. The summed E-state index contributed by atoms with van der Waals surface area (Å²) in [5.41, 5.74) is 4.66. The van der Waals surface area contributed by atoms with E-state index in [9.17, 15) is 0 Å². The van der Waals surface area contributed by atoms with Crippen LogP contribution in [0.5, 0.6) is 0 Å². The van der Waals surface area contributed by atoms with Gasteiger partial charge in [0.2, 0.25) is 0 Å². The molecular formula is C20H22N2S3. The summed E-state index contributed by atoms with van der Waals surface area (Å²) in [6.45, 7) is 6.41. The third-order valence-corrected chi connectivity index (χ3v) is 5.97. The molecule has 0 saturated heterocycles. The van der Waals surface area contributed by atoms with E-state index in [1.54, 1.807) is 11.8 Å². The molecule has 0 N–H and O–H groups in total. The highest BCUT2D eigenvalue weighted by atomic mass is 32.2. The predicted molar refractivity (Wildman–Crippen MR) is 114 cm³/mol. The molecule has 1 heterocycles. The molecule has 0 aliphatic rings. The number of aryl methyl sites for hydroxylation is 2. The second kappa shape index (κ2) is 7.85. The third-order valence-electron chi connectivity index (χ3n) is 4.11. The van der Waals surface area contributed by atoms with Crippen molar-refractivity contribution in [3.8, 4) is 11.4 Å². The maximum Gasteiger partial charge on any atom is 0.190 e. The minimum Gasteiger partial charge on any atom is -0.279 e. The van der Waals surface area contributed by atoms with Crippen LogP contribution in [0.25, 0.3) is 11.4 Å². The highest BCUT2D eigenvalue weighted by Crippen LogP contribution is 2.33. The van der Waals surface area contributed by atoms with Gasteiger partial charge in [0.1, 0.15) is 10.1 Å². The van der Waals surface area contributed by atoms with Crippen LogP contribution in [-0.2, 0) is 6.42 Å². The maximum absolute atomic E-state index is 5.87. The Morgan fingerprint density at radius 2 is 1.68 bits per heavy atom. The summed E-state index contributed by atoms with van der Waals surface area (Å²) in [6, 6.07) is 16.9. The molecule has 0 bridgehead atoms. The molecule has 0 unspecified atom stereocenters. The highest BCUT2D eigenvalue weighted by Gasteiger charge is 2.18. The topological polar surface area (TPSA) is 9.86 Å². The van der Waals surface area contributed by atoms with Gasteiger partial charge in [-0.3, -0.25) is 9.13 Å². The van der Waals surface area contributed by atoms with Gasteiger partial charge in [-0.2, -0.15) is 0 Å². The smallest absolute Gasteiger partial charge is 0.190 e. The lowest BCUT2D eigenvalue weighted by molar-refractivity contribution is 0.907. The number of nitrogens with zero attached hydrogens (tertiary/aromatic N) is 2. The summed E-state index contributed by atoms with van der Waals surface area (Å²) >= 11 is 12.5. The molecule has 0 spiro atoms. The van der Waals surface area contributed by atoms with E-state index in [0.29, 0.717) is 0 Å². The monoisotopic (exact) mass is 386 g/mol. The van der Waals surface area contributed by atoms with Gasteiger partial charge in [0.25, 0.3) is 0 Å². The molecule has 0 atom stereocenters. The van der Waals surface area contributed by atoms with Crippen molar-refractivity contribution in [2.45, 2.75) is 37.2 Å². The lowest BCUT2D eigenvalue weighted by Gasteiger charge is -2.09. The summed E-state index contributed by atoms with van der Waals surface area (Å²) < 4.78 is 4.95. The SMILES string of the molecule is CCSc1c(S)n(-c2cccc(C)c2)c(=S)n1-c1cccc(CC)c1. The summed E-state index contributed by atoms with van der Waals surface area (Å²) in [6.07, 6.45) is 1.00. The molecule has 2 aromatic carbocycles. The van der Waals surface area contributed by atoms with Gasteiger partial charge >= 0.3 is 0 Å². The summed E-state index contributed by atoms with van der Waals surface area (Å²) in [4.78, 5) is 0. The van der Waals surface area contributed by atoms with E-state index in [1.807, 2.05) is 0 Å². The quantitative estimate of drug-likeness (QED) is 0.314. The van der Waals surface area contributed by atoms with Crippen molar-refractivity contribution >= 4 is 36.6 Å². The van der Waals surface area contributed by atoms with Crippen molar-refractivity contribution in [2.24, 2.45) is 0 Å². The van der Waals surface area contributed by atoms with Gasteiger partial charge in [-0.1, -0.05) is 38.1 Å². The largest absolute Gasteiger partial charge is 0.279 e. The molecule has 1 aromatic heterocycles. The van der Waals surface area contributed by atoms with E-state index in [0.717, 1.165) is 38.4 Å². The fourth-order valence-corrected chi connectivity index (χ4v) is 4.72. The van der Waals surface area contributed by atoms with Gasteiger partial charge in [0.15, 0.2) is 4.77 Å². The van der Waals surface area contributed by atoms with Gasteiger partial charge in [-0.15, -0.1) is 24.4 Å². The van der Waals surface area contributed by atoms with Gasteiger partial charge in [-0.05, 0) is 66.7 Å². The Morgan fingerprint density at radius 3 is 2.32 bits per heavy atom. The van der Waals surface area contributed by atoms with Gasteiger partial charge in [0.05, 0.1) is 0 Å². The van der Waals surface area contributed by atoms with E-state index < -0.39 is 0 Å². The first-order chi connectivity index (χ1) is 12.1. The first kappa shape index (κ1) is 18.4. The Bertz CT molecular complexity index is 954. The van der Waals surface area contributed by atoms with Crippen molar-refractivity contribution in [3.05, 3.63) is 64.4 Å². The average Bonchev–Trinajstić information content (AvgIpc) is 2.85. The molecule has 0 saturated carbocycles. The summed E-state index contributed by atoms with van der Waals surface area (Å²) in [5.74, 6) is 0.966. The molecule has 130 valence electrons. The van der Waals surface area contributed by atoms with E-state index >= 15 is 0 Å². The summed E-state index contributed by atoms with van der Waals surface area (Å²) in [7, 11) is 0. The minimum absolute atomic E-state index is 0.750. The fraction of sp³-hybridized carbons (Fsp3) is 0.250. The van der Waals surface area contributed by atoms with Crippen LogP contribution < -0.4 is 0 Å². The first-order valence-corrected chi connectivity index (χ1v) is 10.3. The van der Waals surface area contributed by atoms with Crippen molar-refractivity contribution < 1.29 is 0 Å². The number of thioether (sulfide) groups is 1. The Labute approximate surface area is 164 Å². The van der Waals surface area contributed by atoms with Crippen molar-refractivity contribution in [1.82, 2.24) is 9.13 Å². The molecule has 0 amide bonds. The second-order valence-corrected chi connectivity index (χ2v) is 7.92. The molecule has 3 aromatic rings. The molecule has 25 heavy (non-hydrogen) atoms.